The van der Waals surface area contributed by atoms with E-state index in [1.165, 1.54) is 5.56 Å². The summed E-state index contributed by atoms with van der Waals surface area (Å²) in [7, 11) is 0. The molecule has 0 radical (unpaired) electrons. The van der Waals surface area contributed by atoms with Crippen molar-refractivity contribution in [1.29, 1.82) is 0 Å². The standard InChI is InChI=1S/C14H17N5O2/c1-9(2)11-5-3-10(4-6-11)7-16-13-12(19(20)21)8-17-14(15)18-13/h3-6,8-9H,7H2,1-2H3,(H3,15,16,17,18). The molecule has 2 aromatic rings. The fourth-order valence-electron chi connectivity index (χ4n) is 1.86. The SMILES string of the molecule is CC(C)c1ccc(CNc2nc(N)ncc2[N+](=O)[O-])cc1. The van der Waals surface area contributed by atoms with Gasteiger partial charge in [-0.05, 0) is 17.0 Å². The fourth-order valence-corrected chi connectivity index (χ4v) is 1.86. The normalized spacial score (nSPS) is 10.6. The maximum Gasteiger partial charge on any atom is 0.329 e. The highest BCUT2D eigenvalue weighted by molar-refractivity contribution is 5.56. The van der Waals surface area contributed by atoms with Gasteiger partial charge in [-0.1, -0.05) is 38.1 Å². The minimum Gasteiger partial charge on any atom is -0.368 e. The van der Waals surface area contributed by atoms with Crippen molar-refractivity contribution in [2.75, 3.05) is 11.1 Å². The molecule has 7 nitrogen and oxygen atoms in total. The molecule has 0 spiro atoms. The molecule has 0 aliphatic carbocycles. The molecule has 0 saturated heterocycles. The van der Waals surface area contributed by atoms with Crippen LogP contribution in [0.15, 0.2) is 30.5 Å². The van der Waals surface area contributed by atoms with Crippen molar-refractivity contribution in [3.8, 4) is 0 Å². The summed E-state index contributed by atoms with van der Waals surface area (Å²) < 4.78 is 0. The minimum atomic E-state index is -0.538. The first-order valence-electron chi connectivity index (χ1n) is 6.57. The number of hydrogen-bond acceptors (Lipinski definition) is 6. The molecule has 1 heterocycles. The van der Waals surface area contributed by atoms with Crippen molar-refractivity contribution in [3.05, 3.63) is 51.7 Å². The van der Waals surface area contributed by atoms with Crippen LogP contribution in [0.3, 0.4) is 0 Å². The van der Waals surface area contributed by atoms with E-state index in [-0.39, 0.29) is 17.5 Å². The largest absolute Gasteiger partial charge is 0.368 e. The van der Waals surface area contributed by atoms with Gasteiger partial charge in [0.25, 0.3) is 0 Å². The highest BCUT2D eigenvalue weighted by Gasteiger charge is 2.16. The molecule has 3 N–H and O–H groups in total. The van der Waals surface area contributed by atoms with Crippen LogP contribution in [-0.2, 0) is 6.54 Å². The van der Waals surface area contributed by atoms with Gasteiger partial charge in [-0.25, -0.2) is 4.98 Å². The fraction of sp³-hybridized carbons (Fsp3) is 0.286. The molecular formula is C14H17N5O2. The molecule has 21 heavy (non-hydrogen) atoms. The summed E-state index contributed by atoms with van der Waals surface area (Å²) in [5.41, 5.74) is 7.53. The number of rotatable bonds is 5. The Hall–Kier alpha value is -2.70. The predicted molar refractivity (Wildman–Crippen MR) is 81.0 cm³/mol. The van der Waals surface area contributed by atoms with Gasteiger partial charge in [0.15, 0.2) is 0 Å². The number of nitrogens with zero attached hydrogens (tertiary/aromatic N) is 3. The van der Waals surface area contributed by atoms with Gasteiger partial charge in [-0.15, -0.1) is 0 Å². The highest BCUT2D eigenvalue weighted by Crippen LogP contribution is 2.22. The average molecular weight is 287 g/mol. The minimum absolute atomic E-state index is 0.00162. The predicted octanol–water partition coefficient (Wildman–Crippen LogP) is 2.70. The summed E-state index contributed by atoms with van der Waals surface area (Å²) >= 11 is 0. The molecule has 0 aliphatic rings. The van der Waals surface area contributed by atoms with Crippen LogP contribution < -0.4 is 11.1 Å². The van der Waals surface area contributed by atoms with Crippen molar-refractivity contribution in [1.82, 2.24) is 9.97 Å². The van der Waals surface area contributed by atoms with E-state index in [9.17, 15) is 10.1 Å². The molecule has 0 unspecified atom stereocenters. The van der Waals surface area contributed by atoms with Crippen molar-refractivity contribution in [2.24, 2.45) is 0 Å². The Kier molecular flexibility index (Phi) is 4.32. The number of aromatic nitrogens is 2. The van der Waals surface area contributed by atoms with Gasteiger partial charge >= 0.3 is 5.69 Å². The molecule has 0 amide bonds. The van der Waals surface area contributed by atoms with E-state index in [4.69, 9.17) is 5.73 Å². The third kappa shape index (κ3) is 3.65. The van der Waals surface area contributed by atoms with Crippen LogP contribution in [0, 0.1) is 10.1 Å². The van der Waals surface area contributed by atoms with E-state index in [1.54, 1.807) is 0 Å². The Morgan fingerprint density at radius 3 is 2.57 bits per heavy atom. The van der Waals surface area contributed by atoms with E-state index in [2.05, 4.69) is 29.1 Å². The van der Waals surface area contributed by atoms with Crippen LogP contribution >= 0.6 is 0 Å². The van der Waals surface area contributed by atoms with Gasteiger partial charge in [-0.2, -0.15) is 4.98 Å². The zero-order valence-corrected chi connectivity index (χ0v) is 11.9. The molecule has 1 aromatic carbocycles. The van der Waals surface area contributed by atoms with Gasteiger partial charge in [0, 0.05) is 6.54 Å². The topological polar surface area (TPSA) is 107 Å². The summed E-state index contributed by atoms with van der Waals surface area (Å²) in [6, 6.07) is 8.06. The maximum absolute atomic E-state index is 10.9. The summed E-state index contributed by atoms with van der Waals surface area (Å²) in [5.74, 6) is 0.591. The van der Waals surface area contributed by atoms with Crippen LogP contribution in [0.5, 0.6) is 0 Å². The highest BCUT2D eigenvalue weighted by atomic mass is 16.6. The summed E-state index contributed by atoms with van der Waals surface area (Å²) in [5, 5.41) is 13.8. The Bertz CT molecular complexity index is 640. The van der Waals surface area contributed by atoms with Gasteiger partial charge in [0.1, 0.15) is 6.20 Å². The lowest BCUT2D eigenvalue weighted by atomic mass is 10.0. The van der Waals surface area contributed by atoms with Gasteiger partial charge in [-0.3, -0.25) is 10.1 Å². The number of hydrogen-bond donors (Lipinski definition) is 2. The molecule has 110 valence electrons. The van der Waals surface area contributed by atoms with Crippen molar-refractivity contribution in [2.45, 2.75) is 26.3 Å². The Balaban J connectivity index is 2.12. The third-order valence-corrected chi connectivity index (χ3v) is 3.09. The van der Waals surface area contributed by atoms with Crippen LogP contribution in [-0.4, -0.2) is 14.9 Å². The molecule has 0 atom stereocenters. The lowest BCUT2D eigenvalue weighted by molar-refractivity contribution is -0.384. The van der Waals surface area contributed by atoms with Crippen molar-refractivity contribution >= 4 is 17.5 Å². The number of nitrogens with two attached hydrogens (primary N) is 1. The van der Waals surface area contributed by atoms with Crippen molar-refractivity contribution < 1.29 is 4.92 Å². The molecule has 0 saturated carbocycles. The van der Waals surface area contributed by atoms with E-state index in [0.29, 0.717) is 12.5 Å². The molecule has 0 fully saturated rings. The average Bonchev–Trinajstić information content (AvgIpc) is 2.45. The van der Waals surface area contributed by atoms with E-state index < -0.39 is 4.92 Å². The maximum atomic E-state index is 10.9. The second kappa shape index (κ2) is 6.17. The van der Waals surface area contributed by atoms with Crippen molar-refractivity contribution in [3.63, 3.8) is 0 Å². The van der Waals surface area contributed by atoms with Gasteiger partial charge in [0.05, 0.1) is 4.92 Å². The van der Waals surface area contributed by atoms with Crippen LogP contribution in [0.1, 0.15) is 30.9 Å². The first-order valence-corrected chi connectivity index (χ1v) is 6.57. The van der Waals surface area contributed by atoms with Gasteiger partial charge in [0.2, 0.25) is 11.8 Å². The Labute approximate surface area is 122 Å². The van der Waals surface area contributed by atoms with E-state index in [0.717, 1.165) is 11.8 Å². The Morgan fingerprint density at radius 2 is 2.00 bits per heavy atom. The molecule has 2 rings (SSSR count). The second-order valence-corrected chi connectivity index (χ2v) is 4.97. The van der Waals surface area contributed by atoms with Gasteiger partial charge < -0.3 is 11.1 Å². The quantitative estimate of drug-likeness (QED) is 0.646. The number of nitrogen functional groups attached to an aromatic ring is 1. The molecular weight excluding hydrogens is 270 g/mol. The molecule has 7 heteroatoms. The zero-order valence-electron chi connectivity index (χ0n) is 11.9. The number of nitrogens with one attached hydrogen (secondary N) is 1. The lowest BCUT2D eigenvalue weighted by Gasteiger charge is -2.09. The third-order valence-electron chi connectivity index (χ3n) is 3.09. The van der Waals surface area contributed by atoms with Crippen LogP contribution in [0.25, 0.3) is 0 Å². The van der Waals surface area contributed by atoms with Crippen LogP contribution in [0.2, 0.25) is 0 Å². The summed E-state index contributed by atoms with van der Waals surface area (Å²) in [4.78, 5) is 17.9. The number of benzene rings is 1. The monoisotopic (exact) mass is 287 g/mol. The van der Waals surface area contributed by atoms with E-state index in [1.807, 2.05) is 24.3 Å². The number of nitro groups is 1. The van der Waals surface area contributed by atoms with E-state index >= 15 is 0 Å². The first-order chi connectivity index (χ1) is 9.97. The second-order valence-electron chi connectivity index (χ2n) is 4.97. The zero-order chi connectivity index (χ0) is 15.4. The molecule has 0 bridgehead atoms. The molecule has 0 aliphatic heterocycles. The lowest BCUT2D eigenvalue weighted by Crippen LogP contribution is -2.07. The summed E-state index contributed by atoms with van der Waals surface area (Å²) in [6.07, 6.45) is 1.10. The summed E-state index contributed by atoms with van der Waals surface area (Å²) in [6.45, 7) is 4.68. The first kappa shape index (κ1) is 14.7. The smallest absolute Gasteiger partial charge is 0.329 e. The molecule has 1 aromatic heterocycles. The number of anilines is 2. The Morgan fingerprint density at radius 1 is 1.33 bits per heavy atom. The van der Waals surface area contributed by atoms with Crippen LogP contribution in [0.4, 0.5) is 17.5 Å².